The summed E-state index contributed by atoms with van der Waals surface area (Å²) < 4.78 is 4.68. The molecule has 0 unspecified atom stereocenters. The zero-order valence-electron chi connectivity index (χ0n) is 11.1. The zero-order valence-corrected chi connectivity index (χ0v) is 14.8. The van der Waals surface area contributed by atoms with Crippen molar-refractivity contribution in [1.29, 1.82) is 0 Å². The average molecular weight is 448 g/mol. The van der Waals surface area contributed by atoms with Gasteiger partial charge < -0.3 is 4.57 Å². The summed E-state index contributed by atoms with van der Waals surface area (Å²) in [6, 6.07) is 23.6. The van der Waals surface area contributed by atoms with Gasteiger partial charge in [-0.15, -0.1) is 0 Å². The van der Waals surface area contributed by atoms with Crippen molar-refractivity contribution in [2.24, 2.45) is 0 Å². The molecule has 0 N–H and O–H groups in total. The van der Waals surface area contributed by atoms with Crippen molar-refractivity contribution < 1.29 is 0 Å². The van der Waals surface area contributed by atoms with Gasteiger partial charge in [-0.2, -0.15) is 0 Å². The number of hydrogen-bond donors (Lipinski definition) is 0. The summed E-state index contributed by atoms with van der Waals surface area (Å²) in [5.74, 6) is 0. The van der Waals surface area contributed by atoms with Crippen molar-refractivity contribution in [1.82, 2.24) is 4.57 Å². The number of halogens is 2. The standard InChI is InChI=1S/C18H11BrIN/c19-12-9-10-15(20)18(11-12)21-16-7-3-1-5-13(16)14-6-2-4-8-17(14)21/h1-11H. The number of fused-ring (bicyclic) bond motifs is 3. The topological polar surface area (TPSA) is 4.93 Å². The lowest BCUT2D eigenvalue weighted by Gasteiger charge is -2.10. The Hall–Kier alpha value is -1.33. The molecule has 0 aliphatic rings. The maximum atomic E-state index is 3.59. The van der Waals surface area contributed by atoms with Crippen LogP contribution in [0.5, 0.6) is 0 Å². The van der Waals surface area contributed by atoms with E-state index in [1.807, 2.05) is 0 Å². The van der Waals surface area contributed by atoms with Crippen LogP contribution < -0.4 is 0 Å². The molecule has 0 saturated carbocycles. The van der Waals surface area contributed by atoms with E-state index in [9.17, 15) is 0 Å². The van der Waals surface area contributed by atoms with Crippen LogP contribution in [0.3, 0.4) is 0 Å². The van der Waals surface area contributed by atoms with Gasteiger partial charge in [0.25, 0.3) is 0 Å². The van der Waals surface area contributed by atoms with Gasteiger partial charge in [-0.1, -0.05) is 52.3 Å². The summed E-state index contributed by atoms with van der Waals surface area (Å²) in [5.41, 5.74) is 3.70. The maximum absolute atomic E-state index is 3.59. The van der Waals surface area contributed by atoms with Gasteiger partial charge in [0.15, 0.2) is 0 Å². The van der Waals surface area contributed by atoms with Gasteiger partial charge in [0, 0.05) is 18.8 Å². The molecular weight excluding hydrogens is 437 g/mol. The van der Waals surface area contributed by atoms with E-state index in [-0.39, 0.29) is 0 Å². The third-order valence-electron chi connectivity index (χ3n) is 3.73. The second-order valence-electron chi connectivity index (χ2n) is 4.97. The largest absolute Gasteiger partial charge is 0.308 e. The van der Waals surface area contributed by atoms with Crippen LogP contribution in [0.1, 0.15) is 0 Å². The average Bonchev–Trinajstić information content (AvgIpc) is 2.84. The molecular formula is C18H11BrIN. The fourth-order valence-electron chi connectivity index (χ4n) is 2.84. The molecule has 3 aromatic carbocycles. The molecule has 21 heavy (non-hydrogen) atoms. The van der Waals surface area contributed by atoms with Crippen molar-refractivity contribution in [2.45, 2.75) is 0 Å². The van der Waals surface area contributed by atoms with Crippen LogP contribution in [0.25, 0.3) is 27.5 Å². The van der Waals surface area contributed by atoms with Gasteiger partial charge >= 0.3 is 0 Å². The van der Waals surface area contributed by atoms with E-state index < -0.39 is 0 Å². The summed E-state index contributed by atoms with van der Waals surface area (Å²) >= 11 is 6.00. The Labute approximate surface area is 144 Å². The molecule has 0 saturated heterocycles. The third kappa shape index (κ3) is 2.10. The molecule has 4 rings (SSSR count). The number of rotatable bonds is 1. The molecule has 102 valence electrons. The number of para-hydroxylation sites is 2. The van der Waals surface area contributed by atoms with E-state index in [1.54, 1.807) is 0 Å². The molecule has 0 aliphatic carbocycles. The SMILES string of the molecule is Brc1ccc(I)c(-n2c3ccccc3c3ccccc32)c1. The zero-order chi connectivity index (χ0) is 14.4. The molecule has 0 amide bonds. The first-order valence-corrected chi connectivity index (χ1v) is 8.56. The Morgan fingerprint density at radius 2 is 1.33 bits per heavy atom. The minimum absolute atomic E-state index is 1.10. The van der Waals surface area contributed by atoms with Crippen molar-refractivity contribution in [3.8, 4) is 5.69 Å². The molecule has 0 fully saturated rings. The minimum atomic E-state index is 1.10. The van der Waals surface area contributed by atoms with Crippen LogP contribution in [0.4, 0.5) is 0 Å². The lowest BCUT2D eigenvalue weighted by molar-refractivity contribution is 1.16. The molecule has 1 nitrogen and oxygen atoms in total. The van der Waals surface area contributed by atoms with Crippen molar-refractivity contribution in [3.63, 3.8) is 0 Å². The predicted octanol–water partition coefficient (Wildman–Crippen LogP) is 6.15. The highest BCUT2D eigenvalue weighted by molar-refractivity contribution is 14.1. The van der Waals surface area contributed by atoms with Gasteiger partial charge in [-0.3, -0.25) is 0 Å². The van der Waals surface area contributed by atoms with E-state index in [1.165, 1.54) is 31.1 Å². The minimum Gasteiger partial charge on any atom is -0.308 e. The first kappa shape index (κ1) is 13.3. The Bertz CT molecular complexity index is 918. The summed E-state index contributed by atoms with van der Waals surface area (Å²) in [7, 11) is 0. The molecule has 0 aliphatic heterocycles. The van der Waals surface area contributed by atoms with Gasteiger partial charge in [0.05, 0.1) is 16.7 Å². The first-order valence-electron chi connectivity index (χ1n) is 6.69. The second-order valence-corrected chi connectivity index (χ2v) is 7.04. The van der Waals surface area contributed by atoms with Crippen LogP contribution in [0.2, 0.25) is 0 Å². The highest BCUT2D eigenvalue weighted by Crippen LogP contribution is 2.34. The van der Waals surface area contributed by atoms with E-state index in [2.05, 4.69) is 110 Å². The number of hydrogen-bond acceptors (Lipinski definition) is 0. The van der Waals surface area contributed by atoms with Gasteiger partial charge in [0.2, 0.25) is 0 Å². The second kappa shape index (κ2) is 5.14. The lowest BCUT2D eigenvalue weighted by Crippen LogP contribution is -1.96. The monoisotopic (exact) mass is 447 g/mol. The molecule has 4 aromatic rings. The van der Waals surface area contributed by atoms with Gasteiger partial charge in [0.1, 0.15) is 0 Å². The molecule has 3 heteroatoms. The number of nitrogens with zero attached hydrogens (tertiary/aromatic N) is 1. The highest BCUT2D eigenvalue weighted by atomic mass is 127. The summed E-state index contributed by atoms with van der Waals surface area (Å²) in [6.07, 6.45) is 0. The van der Waals surface area contributed by atoms with Crippen LogP contribution in [-0.2, 0) is 0 Å². The van der Waals surface area contributed by atoms with Crippen LogP contribution >= 0.6 is 38.5 Å². The first-order chi connectivity index (χ1) is 10.3. The molecule has 0 atom stereocenters. The fraction of sp³-hybridized carbons (Fsp3) is 0. The molecule has 0 bridgehead atoms. The third-order valence-corrected chi connectivity index (χ3v) is 5.13. The molecule has 0 spiro atoms. The highest BCUT2D eigenvalue weighted by Gasteiger charge is 2.13. The Balaban J connectivity index is 2.23. The fourth-order valence-corrected chi connectivity index (χ4v) is 3.76. The van der Waals surface area contributed by atoms with Gasteiger partial charge in [-0.05, 0) is 52.9 Å². The van der Waals surface area contributed by atoms with Crippen molar-refractivity contribution >= 4 is 60.3 Å². The van der Waals surface area contributed by atoms with Crippen LogP contribution in [0, 0.1) is 3.57 Å². The predicted molar refractivity (Wildman–Crippen MR) is 101 cm³/mol. The van der Waals surface area contributed by atoms with E-state index in [0.29, 0.717) is 0 Å². The van der Waals surface area contributed by atoms with E-state index in [0.717, 1.165) is 4.47 Å². The summed E-state index contributed by atoms with van der Waals surface area (Å²) in [5, 5.41) is 2.59. The summed E-state index contributed by atoms with van der Waals surface area (Å²) in [4.78, 5) is 0. The van der Waals surface area contributed by atoms with Gasteiger partial charge in [-0.25, -0.2) is 0 Å². The summed E-state index contributed by atoms with van der Waals surface area (Å²) in [6.45, 7) is 0. The Morgan fingerprint density at radius 1 is 0.762 bits per heavy atom. The normalized spacial score (nSPS) is 11.3. The number of benzene rings is 3. The van der Waals surface area contributed by atoms with Crippen molar-refractivity contribution in [3.05, 3.63) is 74.8 Å². The van der Waals surface area contributed by atoms with Crippen LogP contribution in [0.15, 0.2) is 71.2 Å². The van der Waals surface area contributed by atoms with E-state index >= 15 is 0 Å². The number of aromatic nitrogens is 1. The maximum Gasteiger partial charge on any atom is 0.0606 e. The lowest BCUT2D eigenvalue weighted by atomic mass is 10.2. The molecule has 1 aromatic heterocycles. The Kier molecular flexibility index (Phi) is 3.27. The van der Waals surface area contributed by atoms with Crippen molar-refractivity contribution in [2.75, 3.05) is 0 Å². The smallest absolute Gasteiger partial charge is 0.0606 e. The van der Waals surface area contributed by atoms with E-state index in [4.69, 9.17) is 0 Å². The molecule has 0 radical (unpaired) electrons. The quantitative estimate of drug-likeness (QED) is 0.308. The Morgan fingerprint density at radius 3 is 1.95 bits per heavy atom. The molecule has 1 heterocycles. The van der Waals surface area contributed by atoms with Crippen LogP contribution in [-0.4, -0.2) is 4.57 Å².